The fourth-order valence-electron chi connectivity index (χ4n) is 4.11. The van der Waals surface area contributed by atoms with Crippen LogP contribution in [0.4, 0.5) is 0 Å². The van der Waals surface area contributed by atoms with Crippen molar-refractivity contribution in [1.29, 1.82) is 0 Å². The van der Waals surface area contributed by atoms with Gasteiger partial charge >= 0.3 is 0 Å². The molecule has 0 saturated carbocycles. The molecule has 0 aliphatic rings. The quantitative estimate of drug-likeness (QED) is 0.380. The lowest BCUT2D eigenvalue weighted by atomic mass is 10.0. The lowest BCUT2D eigenvalue weighted by Crippen LogP contribution is -2.35. The smallest absolute Gasteiger partial charge is 0.262 e. The minimum Gasteiger partial charge on any atom is -0.496 e. The fraction of sp³-hybridized carbons (Fsp3) is 0.296. The van der Waals surface area contributed by atoms with E-state index >= 15 is 0 Å². The van der Waals surface area contributed by atoms with Gasteiger partial charge in [0.05, 0.1) is 24.9 Å². The molecule has 0 saturated heterocycles. The van der Waals surface area contributed by atoms with Gasteiger partial charge in [-0.05, 0) is 32.6 Å². The largest absolute Gasteiger partial charge is 0.496 e. The van der Waals surface area contributed by atoms with Crippen molar-refractivity contribution in [2.75, 3.05) is 27.7 Å². The highest BCUT2D eigenvalue weighted by molar-refractivity contribution is 7.17. The van der Waals surface area contributed by atoms with Crippen molar-refractivity contribution >= 4 is 27.5 Å². The van der Waals surface area contributed by atoms with Crippen molar-refractivity contribution in [3.05, 3.63) is 81.7 Å². The number of amides is 1. The second kappa shape index (κ2) is 10.8. The number of carbonyl (C=O) groups is 1. The van der Waals surface area contributed by atoms with E-state index in [1.807, 2.05) is 79.8 Å². The van der Waals surface area contributed by atoms with Gasteiger partial charge in [-0.25, -0.2) is 4.98 Å². The van der Waals surface area contributed by atoms with E-state index < -0.39 is 0 Å². The molecule has 2 heterocycles. The summed E-state index contributed by atoms with van der Waals surface area (Å²) in [4.78, 5) is 33.2. The van der Waals surface area contributed by atoms with Crippen molar-refractivity contribution in [3.63, 3.8) is 0 Å². The van der Waals surface area contributed by atoms with E-state index in [9.17, 15) is 9.59 Å². The Bertz CT molecular complexity index is 1380. The Labute approximate surface area is 209 Å². The van der Waals surface area contributed by atoms with Crippen LogP contribution in [0.2, 0.25) is 0 Å². The van der Waals surface area contributed by atoms with Gasteiger partial charge in [0.2, 0.25) is 5.91 Å². The Kier molecular flexibility index (Phi) is 7.63. The first-order chi connectivity index (χ1) is 16.9. The molecule has 1 unspecified atom stereocenters. The summed E-state index contributed by atoms with van der Waals surface area (Å²) in [5, 5.41) is 5.58. The molecule has 0 bridgehead atoms. The van der Waals surface area contributed by atoms with Crippen LogP contribution < -0.4 is 15.6 Å². The van der Waals surface area contributed by atoms with E-state index in [4.69, 9.17) is 4.74 Å². The molecule has 4 aromatic rings. The van der Waals surface area contributed by atoms with Gasteiger partial charge in [0, 0.05) is 36.0 Å². The molecule has 2 aromatic heterocycles. The molecule has 0 radical (unpaired) electrons. The standard InChI is InChI=1S/C27H30N4O3S/c1-18-9-11-19(12-10-18)21-16-35-26-25(21)27(33)31(17-29-26)14-13-24(32)28-15-22(30(2)3)20-7-5-6-8-23(20)34-4/h5-12,16-17,22H,13-15H2,1-4H3,(H,28,32). The Hall–Kier alpha value is -3.49. The van der Waals surface area contributed by atoms with Gasteiger partial charge in [0.15, 0.2) is 0 Å². The average molecular weight is 491 g/mol. The Morgan fingerprint density at radius 1 is 1.17 bits per heavy atom. The summed E-state index contributed by atoms with van der Waals surface area (Å²) in [6.45, 7) is 2.73. The van der Waals surface area contributed by atoms with Crippen molar-refractivity contribution < 1.29 is 9.53 Å². The van der Waals surface area contributed by atoms with Crippen LogP contribution in [0.5, 0.6) is 5.75 Å². The number of aromatic nitrogens is 2. The minimum atomic E-state index is -0.125. The first kappa shape index (κ1) is 24.6. The third-order valence-electron chi connectivity index (χ3n) is 6.12. The van der Waals surface area contributed by atoms with E-state index in [1.54, 1.807) is 7.11 Å². The highest BCUT2D eigenvalue weighted by Crippen LogP contribution is 2.31. The summed E-state index contributed by atoms with van der Waals surface area (Å²) in [7, 11) is 5.58. The fourth-order valence-corrected chi connectivity index (χ4v) is 5.01. The third kappa shape index (κ3) is 5.44. The molecular formula is C27H30N4O3S. The Balaban J connectivity index is 1.46. The molecule has 7 nitrogen and oxygen atoms in total. The number of hydrogen-bond donors (Lipinski definition) is 1. The van der Waals surface area contributed by atoms with Crippen LogP contribution >= 0.6 is 11.3 Å². The second-order valence-electron chi connectivity index (χ2n) is 8.71. The molecule has 0 aliphatic carbocycles. The summed E-state index contributed by atoms with van der Waals surface area (Å²) in [5.74, 6) is 0.661. The summed E-state index contributed by atoms with van der Waals surface area (Å²) in [6.07, 6.45) is 1.72. The molecule has 0 spiro atoms. The molecular weight excluding hydrogens is 460 g/mol. The number of carbonyl (C=O) groups excluding carboxylic acids is 1. The van der Waals surface area contributed by atoms with E-state index in [1.165, 1.54) is 22.2 Å². The number of aryl methyl sites for hydroxylation is 2. The van der Waals surface area contributed by atoms with Gasteiger partial charge in [-0.15, -0.1) is 11.3 Å². The number of likely N-dealkylation sites (N-methyl/N-ethyl adjacent to an activating group) is 1. The minimum absolute atomic E-state index is 0.0429. The van der Waals surface area contributed by atoms with Crippen molar-refractivity contribution in [2.24, 2.45) is 0 Å². The predicted octanol–water partition coefficient (Wildman–Crippen LogP) is 4.25. The number of thiophene rings is 1. The zero-order chi connectivity index (χ0) is 24.9. The number of rotatable bonds is 9. The molecule has 35 heavy (non-hydrogen) atoms. The number of nitrogens with one attached hydrogen (secondary N) is 1. The molecule has 182 valence electrons. The maximum atomic E-state index is 13.3. The number of ether oxygens (including phenoxy) is 1. The van der Waals surface area contributed by atoms with E-state index in [0.717, 1.165) is 28.0 Å². The van der Waals surface area contributed by atoms with Crippen LogP contribution in [0.15, 0.2) is 65.0 Å². The van der Waals surface area contributed by atoms with Gasteiger partial charge in [0.1, 0.15) is 10.6 Å². The molecule has 0 fully saturated rings. The van der Waals surface area contributed by atoms with Crippen molar-refractivity contribution in [2.45, 2.75) is 25.9 Å². The van der Waals surface area contributed by atoms with Crippen LogP contribution in [-0.2, 0) is 11.3 Å². The molecule has 8 heteroatoms. The second-order valence-corrected chi connectivity index (χ2v) is 9.57. The number of benzene rings is 2. The SMILES string of the molecule is COc1ccccc1C(CNC(=O)CCn1cnc2scc(-c3ccc(C)cc3)c2c1=O)N(C)C. The number of nitrogens with zero attached hydrogens (tertiary/aromatic N) is 3. The van der Waals surface area contributed by atoms with E-state index in [0.29, 0.717) is 16.8 Å². The van der Waals surface area contributed by atoms with Gasteiger partial charge in [-0.2, -0.15) is 0 Å². The first-order valence-electron chi connectivity index (χ1n) is 11.5. The Morgan fingerprint density at radius 3 is 2.63 bits per heavy atom. The predicted molar refractivity (Wildman–Crippen MR) is 141 cm³/mol. The zero-order valence-electron chi connectivity index (χ0n) is 20.4. The number of hydrogen-bond acceptors (Lipinski definition) is 6. The highest BCUT2D eigenvalue weighted by Gasteiger charge is 2.19. The lowest BCUT2D eigenvalue weighted by molar-refractivity contribution is -0.121. The normalized spacial score (nSPS) is 12.1. The monoisotopic (exact) mass is 490 g/mol. The van der Waals surface area contributed by atoms with Gasteiger partial charge in [0.25, 0.3) is 5.56 Å². The average Bonchev–Trinajstić information content (AvgIpc) is 3.29. The van der Waals surface area contributed by atoms with Gasteiger partial charge < -0.3 is 15.0 Å². The first-order valence-corrected chi connectivity index (χ1v) is 12.4. The zero-order valence-corrected chi connectivity index (χ0v) is 21.3. The van der Waals surface area contributed by atoms with Crippen molar-refractivity contribution in [3.8, 4) is 16.9 Å². The van der Waals surface area contributed by atoms with E-state index in [-0.39, 0.29) is 30.5 Å². The number of para-hydroxylation sites is 1. The van der Waals surface area contributed by atoms with Crippen LogP contribution in [0.25, 0.3) is 21.3 Å². The number of methoxy groups -OCH3 is 1. The summed E-state index contributed by atoms with van der Waals surface area (Å²) in [6, 6.07) is 15.9. The highest BCUT2D eigenvalue weighted by atomic mass is 32.1. The third-order valence-corrected chi connectivity index (χ3v) is 7.00. The summed E-state index contributed by atoms with van der Waals surface area (Å²) >= 11 is 1.46. The number of fused-ring (bicyclic) bond motifs is 1. The topological polar surface area (TPSA) is 76.5 Å². The van der Waals surface area contributed by atoms with Gasteiger partial charge in [-0.3, -0.25) is 14.2 Å². The summed E-state index contributed by atoms with van der Waals surface area (Å²) in [5.41, 5.74) is 3.92. The van der Waals surface area contributed by atoms with Crippen LogP contribution in [-0.4, -0.2) is 48.1 Å². The maximum Gasteiger partial charge on any atom is 0.262 e. The molecule has 2 aromatic carbocycles. The molecule has 1 amide bonds. The molecule has 1 N–H and O–H groups in total. The molecule has 1 atom stereocenters. The van der Waals surface area contributed by atoms with Crippen LogP contribution in [0.3, 0.4) is 0 Å². The van der Waals surface area contributed by atoms with Crippen LogP contribution in [0.1, 0.15) is 23.6 Å². The lowest BCUT2D eigenvalue weighted by Gasteiger charge is -2.26. The molecule has 0 aliphatic heterocycles. The Morgan fingerprint density at radius 2 is 1.91 bits per heavy atom. The summed E-state index contributed by atoms with van der Waals surface area (Å²) < 4.78 is 7.02. The van der Waals surface area contributed by atoms with Crippen LogP contribution in [0, 0.1) is 6.92 Å². The van der Waals surface area contributed by atoms with E-state index in [2.05, 4.69) is 10.3 Å². The van der Waals surface area contributed by atoms with Gasteiger partial charge in [-0.1, -0.05) is 48.0 Å². The maximum absolute atomic E-state index is 13.3. The van der Waals surface area contributed by atoms with Crippen molar-refractivity contribution in [1.82, 2.24) is 19.8 Å². The molecule has 4 rings (SSSR count).